The number of para-hydroxylation sites is 1. The molecule has 102 valence electrons. The lowest BCUT2D eigenvalue weighted by atomic mass is 10.1. The maximum absolute atomic E-state index is 9.35. The highest BCUT2D eigenvalue weighted by atomic mass is 16.5. The van der Waals surface area contributed by atoms with Crippen molar-refractivity contribution in [2.75, 3.05) is 0 Å². The molecule has 0 unspecified atom stereocenters. The first-order valence-corrected chi connectivity index (χ1v) is 6.46. The second-order valence-electron chi connectivity index (χ2n) is 4.90. The monoisotopic (exact) mass is 260 g/mol. The Kier molecular flexibility index (Phi) is 4.22. The fourth-order valence-electron chi connectivity index (χ4n) is 2.10. The third-order valence-corrected chi connectivity index (χ3v) is 3.13. The summed E-state index contributed by atoms with van der Waals surface area (Å²) in [5, 5.41) is 9.35. The number of benzene rings is 1. The van der Waals surface area contributed by atoms with Gasteiger partial charge in [-0.25, -0.2) is 4.98 Å². The predicted molar refractivity (Wildman–Crippen MR) is 74.0 cm³/mol. The van der Waals surface area contributed by atoms with Gasteiger partial charge in [-0.15, -0.1) is 0 Å². The normalized spacial score (nSPS) is 11.0. The van der Waals surface area contributed by atoms with Gasteiger partial charge in [0.2, 0.25) is 0 Å². The third kappa shape index (κ3) is 2.96. The summed E-state index contributed by atoms with van der Waals surface area (Å²) in [6, 6.07) is 6.14. The Morgan fingerprint density at radius 1 is 1.37 bits per heavy atom. The molecule has 1 heterocycles. The van der Waals surface area contributed by atoms with E-state index in [0.717, 1.165) is 22.6 Å². The summed E-state index contributed by atoms with van der Waals surface area (Å²) in [6.07, 6.45) is 3.63. The molecule has 1 N–H and O–H groups in total. The van der Waals surface area contributed by atoms with Crippen molar-refractivity contribution < 1.29 is 9.84 Å². The van der Waals surface area contributed by atoms with E-state index in [2.05, 4.69) is 23.4 Å². The number of aromatic nitrogens is 2. The van der Waals surface area contributed by atoms with E-state index in [4.69, 9.17) is 4.74 Å². The molecule has 0 bridgehead atoms. The highest BCUT2D eigenvalue weighted by molar-refractivity contribution is 5.40. The number of ether oxygens (including phenoxy) is 1. The Morgan fingerprint density at radius 2 is 2.16 bits per heavy atom. The van der Waals surface area contributed by atoms with Gasteiger partial charge in [0.1, 0.15) is 12.4 Å². The second-order valence-corrected chi connectivity index (χ2v) is 4.90. The summed E-state index contributed by atoms with van der Waals surface area (Å²) >= 11 is 0. The molecule has 0 aliphatic rings. The Bertz CT molecular complexity index is 547. The minimum Gasteiger partial charge on any atom is -0.487 e. The Labute approximate surface area is 113 Å². The molecule has 0 saturated carbocycles. The molecule has 19 heavy (non-hydrogen) atoms. The molecular formula is C15H20N2O2. The zero-order chi connectivity index (χ0) is 13.8. The fraction of sp³-hybridized carbons (Fsp3) is 0.400. The summed E-state index contributed by atoms with van der Waals surface area (Å²) in [4.78, 5) is 4.15. The molecule has 0 spiro atoms. The molecule has 0 radical (unpaired) electrons. The maximum atomic E-state index is 9.35. The van der Waals surface area contributed by atoms with Gasteiger partial charge in [0, 0.05) is 11.6 Å². The van der Waals surface area contributed by atoms with E-state index in [1.165, 1.54) is 0 Å². The van der Waals surface area contributed by atoms with Gasteiger partial charge in [-0.3, -0.25) is 0 Å². The number of nitrogens with zero attached hydrogens (tertiary/aromatic N) is 2. The van der Waals surface area contributed by atoms with Crippen LogP contribution in [0.3, 0.4) is 0 Å². The lowest BCUT2D eigenvalue weighted by Gasteiger charge is -2.15. The number of rotatable bonds is 5. The molecular weight excluding hydrogens is 240 g/mol. The van der Waals surface area contributed by atoms with Gasteiger partial charge in [0.05, 0.1) is 24.8 Å². The second kappa shape index (κ2) is 5.89. The minimum absolute atomic E-state index is 0.0134. The molecule has 4 heteroatoms. The number of aliphatic hydroxyl groups is 1. The van der Waals surface area contributed by atoms with Crippen LogP contribution in [-0.4, -0.2) is 14.7 Å². The van der Waals surface area contributed by atoms with Crippen molar-refractivity contribution in [2.45, 2.75) is 40.0 Å². The molecule has 0 amide bonds. The van der Waals surface area contributed by atoms with E-state index in [-0.39, 0.29) is 6.61 Å². The molecule has 2 rings (SSSR count). The minimum atomic E-state index is -0.0134. The van der Waals surface area contributed by atoms with Crippen LogP contribution in [0.15, 0.2) is 30.7 Å². The van der Waals surface area contributed by atoms with Crippen LogP contribution in [0.1, 0.15) is 36.7 Å². The third-order valence-electron chi connectivity index (χ3n) is 3.13. The standard InChI is InChI=1S/C15H20N2O2/c1-11(2)17-10-16-7-14(17)9-19-15-12(3)5-4-6-13(15)8-18/h4-7,10-11,18H,8-9H2,1-3H3. The highest BCUT2D eigenvalue weighted by Crippen LogP contribution is 2.24. The van der Waals surface area contributed by atoms with Crippen molar-refractivity contribution in [1.82, 2.24) is 9.55 Å². The number of aliphatic hydroxyl groups excluding tert-OH is 1. The van der Waals surface area contributed by atoms with Crippen LogP contribution >= 0.6 is 0 Å². The van der Waals surface area contributed by atoms with Gasteiger partial charge in [0.25, 0.3) is 0 Å². The molecule has 0 saturated heterocycles. The van der Waals surface area contributed by atoms with Gasteiger partial charge < -0.3 is 14.4 Å². The molecule has 0 atom stereocenters. The van der Waals surface area contributed by atoms with Crippen molar-refractivity contribution in [2.24, 2.45) is 0 Å². The van der Waals surface area contributed by atoms with Crippen molar-refractivity contribution in [3.8, 4) is 5.75 Å². The van der Waals surface area contributed by atoms with E-state index in [9.17, 15) is 5.11 Å². The van der Waals surface area contributed by atoms with Gasteiger partial charge in [-0.05, 0) is 26.3 Å². The van der Waals surface area contributed by atoms with Gasteiger partial charge in [-0.2, -0.15) is 0 Å². The Balaban J connectivity index is 2.17. The zero-order valence-electron chi connectivity index (χ0n) is 11.6. The summed E-state index contributed by atoms with van der Waals surface area (Å²) in [5.41, 5.74) is 2.87. The largest absolute Gasteiger partial charge is 0.487 e. The van der Waals surface area contributed by atoms with Crippen LogP contribution in [-0.2, 0) is 13.2 Å². The molecule has 1 aromatic heterocycles. The van der Waals surface area contributed by atoms with Crippen molar-refractivity contribution >= 4 is 0 Å². The molecule has 0 aliphatic heterocycles. The predicted octanol–water partition coefficient (Wildman–Crippen LogP) is 2.84. The average molecular weight is 260 g/mol. The maximum Gasteiger partial charge on any atom is 0.130 e. The van der Waals surface area contributed by atoms with Crippen LogP contribution in [0.2, 0.25) is 0 Å². The lowest BCUT2D eigenvalue weighted by Crippen LogP contribution is -2.08. The van der Waals surface area contributed by atoms with E-state index in [0.29, 0.717) is 12.6 Å². The van der Waals surface area contributed by atoms with Crippen LogP contribution < -0.4 is 4.74 Å². The topological polar surface area (TPSA) is 47.3 Å². The van der Waals surface area contributed by atoms with Crippen LogP contribution in [0.25, 0.3) is 0 Å². The Morgan fingerprint density at radius 3 is 2.84 bits per heavy atom. The highest BCUT2D eigenvalue weighted by Gasteiger charge is 2.09. The van der Waals surface area contributed by atoms with Crippen LogP contribution in [0, 0.1) is 6.92 Å². The van der Waals surface area contributed by atoms with Gasteiger partial charge in [-0.1, -0.05) is 18.2 Å². The summed E-state index contributed by atoms with van der Waals surface area (Å²) < 4.78 is 7.95. The molecule has 4 nitrogen and oxygen atoms in total. The number of hydrogen-bond donors (Lipinski definition) is 1. The summed E-state index contributed by atoms with van der Waals surface area (Å²) in [7, 11) is 0. The lowest BCUT2D eigenvalue weighted by molar-refractivity contribution is 0.253. The van der Waals surface area contributed by atoms with E-state index >= 15 is 0 Å². The first-order chi connectivity index (χ1) is 9.13. The number of hydrogen-bond acceptors (Lipinski definition) is 3. The van der Waals surface area contributed by atoms with Crippen LogP contribution in [0.5, 0.6) is 5.75 Å². The molecule has 2 aromatic rings. The Hall–Kier alpha value is -1.81. The zero-order valence-corrected chi connectivity index (χ0v) is 11.6. The van der Waals surface area contributed by atoms with E-state index < -0.39 is 0 Å². The van der Waals surface area contributed by atoms with Crippen molar-refractivity contribution in [3.05, 3.63) is 47.5 Å². The number of aryl methyl sites for hydroxylation is 1. The average Bonchev–Trinajstić information content (AvgIpc) is 2.85. The van der Waals surface area contributed by atoms with Gasteiger partial charge >= 0.3 is 0 Å². The quantitative estimate of drug-likeness (QED) is 0.899. The first-order valence-electron chi connectivity index (χ1n) is 6.46. The van der Waals surface area contributed by atoms with E-state index in [1.807, 2.05) is 37.6 Å². The SMILES string of the molecule is Cc1cccc(CO)c1OCc1cncn1C(C)C. The summed E-state index contributed by atoms with van der Waals surface area (Å²) in [6.45, 7) is 6.64. The molecule has 0 fully saturated rings. The van der Waals surface area contributed by atoms with Gasteiger partial charge in [0.15, 0.2) is 0 Å². The smallest absolute Gasteiger partial charge is 0.130 e. The van der Waals surface area contributed by atoms with Crippen molar-refractivity contribution in [3.63, 3.8) is 0 Å². The summed E-state index contributed by atoms with van der Waals surface area (Å²) in [5.74, 6) is 0.765. The fourth-order valence-corrected chi connectivity index (χ4v) is 2.10. The van der Waals surface area contributed by atoms with Crippen molar-refractivity contribution in [1.29, 1.82) is 0 Å². The number of imidazole rings is 1. The van der Waals surface area contributed by atoms with E-state index in [1.54, 1.807) is 0 Å². The molecule has 1 aromatic carbocycles. The first kappa shape index (κ1) is 13.6. The van der Waals surface area contributed by atoms with Crippen LogP contribution in [0.4, 0.5) is 0 Å². The molecule has 0 aliphatic carbocycles.